The first-order chi connectivity index (χ1) is 9.19. The second-order valence-corrected chi connectivity index (χ2v) is 4.82. The average Bonchev–Trinajstić information content (AvgIpc) is 2.41. The number of benzene rings is 1. The molecule has 1 aromatic carbocycles. The maximum atomic E-state index is 12.8. The lowest BCUT2D eigenvalue weighted by atomic mass is 10.1. The van der Waals surface area contributed by atoms with E-state index in [1.165, 1.54) is 23.9 Å². The summed E-state index contributed by atoms with van der Waals surface area (Å²) in [5.74, 6) is 0.349. The number of thioether (sulfide) groups is 1. The minimum Gasteiger partial charge on any atom is -0.298 e. The summed E-state index contributed by atoms with van der Waals surface area (Å²) in [6.45, 7) is 3.59. The van der Waals surface area contributed by atoms with Gasteiger partial charge in [0.25, 0.3) is 5.56 Å². The summed E-state index contributed by atoms with van der Waals surface area (Å²) >= 11 is 1.35. The fraction of sp³-hybridized carbons (Fsp3) is 0.154. The van der Waals surface area contributed by atoms with Crippen LogP contribution in [0.4, 0.5) is 4.39 Å². The number of nitrogens with zero attached hydrogens (tertiary/aromatic N) is 2. The Bertz CT molecular complexity index is 625. The van der Waals surface area contributed by atoms with Crippen LogP contribution in [0.25, 0.3) is 0 Å². The van der Waals surface area contributed by atoms with Crippen molar-refractivity contribution in [3.63, 3.8) is 0 Å². The van der Waals surface area contributed by atoms with E-state index in [1.54, 1.807) is 18.2 Å². The van der Waals surface area contributed by atoms with Gasteiger partial charge in [-0.25, -0.2) is 4.39 Å². The van der Waals surface area contributed by atoms with Crippen LogP contribution in [0, 0.1) is 5.82 Å². The van der Waals surface area contributed by atoms with E-state index in [-0.39, 0.29) is 11.4 Å². The van der Waals surface area contributed by atoms with Crippen molar-refractivity contribution in [3.05, 3.63) is 64.3 Å². The molecule has 0 aliphatic carbocycles. The first-order valence-corrected chi connectivity index (χ1v) is 6.61. The van der Waals surface area contributed by atoms with Crippen molar-refractivity contribution in [3.8, 4) is 0 Å². The zero-order valence-electron chi connectivity index (χ0n) is 10.1. The molecule has 0 atom stereocenters. The average molecular weight is 277 g/mol. The summed E-state index contributed by atoms with van der Waals surface area (Å²) < 4.78 is 12.8. The van der Waals surface area contributed by atoms with E-state index >= 15 is 0 Å². The van der Waals surface area contributed by atoms with Gasteiger partial charge in [0.05, 0.1) is 0 Å². The highest BCUT2D eigenvalue weighted by Crippen LogP contribution is 2.10. The van der Waals surface area contributed by atoms with Crippen molar-refractivity contribution >= 4 is 11.8 Å². The summed E-state index contributed by atoms with van der Waals surface area (Å²) in [6.07, 6.45) is 2.05. The van der Waals surface area contributed by atoms with Crippen molar-refractivity contribution in [2.45, 2.75) is 11.6 Å². The molecule has 6 heteroatoms. The quantitative estimate of drug-likeness (QED) is 0.672. The Morgan fingerprint density at radius 3 is 2.68 bits per heavy atom. The second-order valence-electron chi connectivity index (χ2n) is 3.81. The molecule has 0 saturated carbocycles. The topological polar surface area (TPSA) is 58.6 Å². The number of aromatic nitrogens is 3. The maximum Gasteiger partial charge on any atom is 0.273 e. The summed E-state index contributed by atoms with van der Waals surface area (Å²) in [4.78, 5) is 14.5. The molecular weight excluding hydrogens is 265 g/mol. The summed E-state index contributed by atoms with van der Waals surface area (Å²) in [7, 11) is 0. The van der Waals surface area contributed by atoms with Gasteiger partial charge in [0.2, 0.25) is 0 Å². The molecule has 0 saturated heterocycles. The van der Waals surface area contributed by atoms with Gasteiger partial charge in [-0.1, -0.05) is 30.0 Å². The minimum absolute atomic E-state index is 0.272. The Labute approximate surface area is 113 Å². The van der Waals surface area contributed by atoms with Crippen LogP contribution < -0.4 is 5.56 Å². The van der Waals surface area contributed by atoms with Gasteiger partial charge in [0.1, 0.15) is 11.5 Å². The predicted octanol–water partition coefficient (Wildman–Crippen LogP) is 2.17. The van der Waals surface area contributed by atoms with E-state index in [0.29, 0.717) is 23.0 Å². The smallest absolute Gasteiger partial charge is 0.273 e. The Balaban J connectivity index is 2.15. The number of hydrogen-bond donors (Lipinski definition) is 1. The van der Waals surface area contributed by atoms with E-state index in [9.17, 15) is 9.18 Å². The molecule has 0 spiro atoms. The van der Waals surface area contributed by atoms with Crippen LogP contribution in [0.5, 0.6) is 0 Å². The number of H-pyrrole nitrogens is 1. The fourth-order valence-electron chi connectivity index (χ4n) is 1.46. The van der Waals surface area contributed by atoms with Crippen molar-refractivity contribution in [2.75, 3.05) is 5.75 Å². The van der Waals surface area contributed by atoms with Crippen LogP contribution >= 0.6 is 11.8 Å². The Hall–Kier alpha value is -1.95. The zero-order valence-corrected chi connectivity index (χ0v) is 10.9. The molecule has 0 bridgehead atoms. The number of nitrogens with one attached hydrogen (secondary N) is 1. The Kier molecular flexibility index (Phi) is 4.46. The van der Waals surface area contributed by atoms with Crippen molar-refractivity contribution in [2.24, 2.45) is 0 Å². The molecule has 0 aliphatic rings. The summed E-state index contributed by atoms with van der Waals surface area (Å²) in [5.41, 5.74) is 0.855. The number of halogens is 1. The van der Waals surface area contributed by atoms with Crippen LogP contribution in [-0.4, -0.2) is 20.9 Å². The standard InChI is InChI=1S/C13H12FN3OS/c1-2-7-19-13-15-12(18)11(16-17-13)8-9-3-5-10(14)6-4-9/h2-6H,1,7-8H2,(H,15,17,18). The van der Waals surface area contributed by atoms with E-state index in [2.05, 4.69) is 21.8 Å². The third-order valence-electron chi connectivity index (χ3n) is 2.37. The lowest BCUT2D eigenvalue weighted by molar-refractivity contribution is 0.627. The first-order valence-electron chi connectivity index (χ1n) is 5.63. The highest BCUT2D eigenvalue weighted by atomic mass is 32.2. The third kappa shape index (κ3) is 3.75. The largest absolute Gasteiger partial charge is 0.298 e. The van der Waals surface area contributed by atoms with Gasteiger partial charge >= 0.3 is 0 Å². The van der Waals surface area contributed by atoms with Gasteiger partial charge in [-0.05, 0) is 17.7 Å². The van der Waals surface area contributed by atoms with Crippen LogP contribution in [0.1, 0.15) is 11.3 Å². The number of aromatic amines is 1. The van der Waals surface area contributed by atoms with Gasteiger partial charge in [0, 0.05) is 12.2 Å². The molecule has 1 heterocycles. The molecule has 0 aliphatic heterocycles. The molecule has 1 N–H and O–H groups in total. The van der Waals surface area contributed by atoms with Gasteiger partial charge in [-0.2, -0.15) is 0 Å². The van der Waals surface area contributed by atoms with E-state index in [0.717, 1.165) is 5.56 Å². The van der Waals surface area contributed by atoms with E-state index < -0.39 is 0 Å². The van der Waals surface area contributed by atoms with Gasteiger partial charge < -0.3 is 0 Å². The normalized spacial score (nSPS) is 10.4. The molecule has 19 heavy (non-hydrogen) atoms. The monoisotopic (exact) mass is 277 g/mol. The number of hydrogen-bond acceptors (Lipinski definition) is 4. The molecule has 0 fully saturated rings. The molecule has 98 valence electrons. The second kappa shape index (κ2) is 6.29. The van der Waals surface area contributed by atoms with Gasteiger partial charge in [-0.15, -0.1) is 16.8 Å². The predicted molar refractivity (Wildman–Crippen MR) is 72.8 cm³/mol. The molecule has 2 aromatic rings. The van der Waals surface area contributed by atoms with E-state index in [4.69, 9.17) is 0 Å². The van der Waals surface area contributed by atoms with Crippen LogP contribution in [-0.2, 0) is 6.42 Å². The summed E-state index contributed by atoms with van der Waals surface area (Å²) in [6, 6.07) is 5.95. The Morgan fingerprint density at radius 1 is 1.32 bits per heavy atom. The molecule has 0 unspecified atom stereocenters. The molecule has 1 aromatic heterocycles. The SMILES string of the molecule is C=CCSc1nnc(Cc2ccc(F)cc2)c(=O)[nH]1. The van der Waals surface area contributed by atoms with Gasteiger partial charge in [-0.3, -0.25) is 9.78 Å². The summed E-state index contributed by atoms with van der Waals surface area (Å²) in [5, 5.41) is 8.30. The third-order valence-corrected chi connectivity index (χ3v) is 3.23. The van der Waals surface area contributed by atoms with Crippen molar-refractivity contribution in [1.82, 2.24) is 15.2 Å². The van der Waals surface area contributed by atoms with Crippen LogP contribution in [0.2, 0.25) is 0 Å². The molecular formula is C13H12FN3OS. The van der Waals surface area contributed by atoms with Crippen LogP contribution in [0.15, 0.2) is 46.9 Å². The maximum absolute atomic E-state index is 12.8. The van der Waals surface area contributed by atoms with Crippen molar-refractivity contribution < 1.29 is 4.39 Å². The van der Waals surface area contributed by atoms with E-state index in [1.807, 2.05) is 0 Å². The first kappa shape index (κ1) is 13.5. The molecule has 2 rings (SSSR count). The minimum atomic E-state index is -0.306. The zero-order chi connectivity index (χ0) is 13.7. The number of rotatable bonds is 5. The van der Waals surface area contributed by atoms with Crippen LogP contribution in [0.3, 0.4) is 0 Å². The lowest BCUT2D eigenvalue weighted by Crippen LogP contribution is -2.17. The lowest BCUT2D eigenvalue weighted by Gasteiger charge is -2.01. The highest BCUT2D eigenvalue weighted by molar-refractivity contribution is 7.99. The van der Waals surface area contributed by atoms with Gasteiger partial charge in [0.15, 0.2) is 5.16 Å². The van der Waals surface area contributed by atoms with Crippen molar-refractivity contribution in [1.29, 1.82) is 0 Å². The molecule has 0 amide bonds. The fourth-order valence-corrected chi connectivity index (χ4v) is 2.00. The molecule has 0 radical (unpaired) electrons. The Morgan fingerprint density at radius 2 is 2.05 bits per heavy atom. The highest BCUT2D eigenvalue weighted by Gasteiger charge is 2.06. The molecule has 4 nitrogen and oxygen atoms in total.